The lowest BCUT2D eigenvalue weighted by Gasteiger charge is -2.20. The molecule has 0 aliphatic carbocycles. The Morgan fingerprint density at radius 3 is 2.70 bits per heavy atom. The Morgan fingerprint density at radius 2 is 2.15 bits per heavy atom. The zero-order valence-corrected chi connectivity index (χ0v) is 10.7. The molecule has 0 saturated heterocycles. The summed E-state index contributed by atoms with van der Waals surface area (Å²) in [4.78, 5) is 23.9. The molecule has 2 amide bonds. The molecule has 0 aliphatic rings. The Morgan fingerprint density at radius 1 is 1.45 bits per heavy atom. The van der Waals surface area contributed by atoms with E-state index in [4.69, 9.17) is 10.2 Å². The second-order valence-electron chi connectivity index (χ2n) is 3.89. The third kappa shape index (κ3) is 4.06. The first-order valence-electron chi connectivity index (χ1n) is 5.80. The van der Waals surface area contributed by atoms with E-state index in [1.54, 1.807) is 0 Å². The minimum Gasteiger partial charge on any atom is -0.478 e. The summed E-state index contributed by atoms with van der Waals surface area (Å²) in [6.45, 7) is 3.45. The highest BCUT2D eigenvalue weighted by atomic mass is 19.1. The SMILES string of the molecule is C=CCN(CCO)C(=O)Nc1cc(C(=O)O)ccc1F. The molecule has 7 heteroatoms. The number of anilines is 1. The molecule has 0 bridgehead atoms. The number of hydrogen-bond donors (Lipinski definition) is 3. The van der Waals surface area contributed by atoms with E-state index in [1.807, 2.05) is 0 Å². The van der Waals surface area contributed by atoms with Crippen LogP contribution in [0.3, 0.4) is 0 Å². The molecule has 6 nitrogen and oxygen atoms in total. The van der Waals surface area contributed by atoms with Crippen molar-refractivity contribution in [3.63, 3.8) is 0 Å². The van der Waals surface area contributed by atoms with Gasteiger partial charge < -0.3 is 20.4 Å². The number of carbonyl (C=O) groups excluding carboxylic acids is 1. The molecule has 0 aromatic heterocycles. The molecular formula is C13H15FN2O4. The van der Waals surface area contributed by atoms with E-state index < -0.39 is 17.8 Å². The molecule has 0 atom stereocenters. The summed E-state index contributed by atoms with van der Waals surface area (Å²) in [7, 11) is 0. The number of benzene rings is 1. The summed E-state index contributed by atoms with van der Waals surface area (Å²) in [6.07, 6.45) is 1.46. The first-order valence-corrected chi connectivity index (χ1v) is 5.80. The zero-order valence-electron chi connectivity index (χ0n) is 10.7. The van der Waals surface area contributed by atoms with Crippen LogP contribution in [0.1, 0.15) is 10.4 Å². The van der Waals surface area contributed by atoms with Crippen molar-refractivity contribution in [2.24, 2.45) is 0 Å². The van der Waals surface area contributed by atoms with Gasteiger partial charge in [-0.25, -0.2) is 14.0 Å². The monoisotopic (exact) mass is 282 g/mol. The van der Waals surface area contributed by atoms with Gasteiger partial charge in [0.25, 0.3) is 0 Å². The largest absolute Gasteiger partial charge is 0.478 e. The number of nitrogens with zero attached hydrogens (tertiary/aromatic N) is 1. The number of rotatable bonds is 6. The summed E-state index contributed by atoms with van der Waals surface area (Å²) in [5.41, 5.74) is -0.374. The molecule has 0 unspecified atom stereocenters. The Bertz CT molecular complexity index is 519. The molecule has 0 fully saturated rings. The normalized spacial score (nSPS) is 9.90. The van der Waals surface area contributed by atoms with Crippen molar-refractivity contribution in [3.05, 3.63) is 42.2 Å². The molecule has 1 rings (SSSR count). The molecule has 20 heavy (non-hydrogen) atoms. The van der Waals surface area contributed by atoms with E-state index in [1.165, 1.54) is 11.0 Å². The highest BCUT2D eigenvalue weighted by molar-refractivity contribution is 5.93. The van der Waals surface area contributed by atoms with Crippen LogP contribution in [0.4, 0.5) is 14.9 Å². The lowest BCUT2D eigenvalue weighted by molar-refractivity contribution is 0.0697. The maximum atomic E-state index is 13.5. The van der Waals surface area contributed by atoms with Crippen LogP contribution in [0.5, 0.6) is 0 Å². The van der Waals surface area contributed by atoms with E-state index in [0.717, 1.165) is 18.2 Å². The summed E-state index contributed by atoms with van der Waals surface area (Å²) < 4.78 is 13.5. The number of amides is 2. The van der Waals surface area contributed by atoms with E-state index in [-0.39, 0.29) is 30.9 Å². The molecule has 3 N–H and O–H groups in total. The third-order valence-corrected chi connectivity index (χ3v) is 2.46. The van der Waals surface area contributed by atoms with Crippen molar-refractivity contribution < 1.29 is 24.2 Å². The third-order valence-electron chi connectivity index (χ3n) is 2.46. The number of aliphatic hydroxyl groups excluding tert-OH is 1. The van der Waals surface area contributed by atoms with Crippen LogP contribution in [0.25, 0.3) is 0 Å². The average molecular weight is 282 g/mol. The van der Waals surface area contributed by atoms with Gasteiger partial charge in [-0.05, 0) is 18.2 Å². The van der Waals surface area contributed by atoms with Crippen molar-refractivity contribution in [1.82, 2.24) is 4.90 Å². The van der Waals surface area contributed by atoms with Crippen LogP contribution in [-0.4, -0.2) is 46.8 Å². The number of carboxylic acid groups (broad SMARTS) is 1. The van der Waals surface area contributed by atoms with Crippen LogP contribution in [0.2, 0.25) is 0 Å². The number of nitrogens with one attached hydrogen (secondary N) is 1. The lowest BCUT2D eigenvalue weighted by atomic mass is 10.2. The van der Waals surface area contributed by atoms with Crippen molar-refractivity contribution in [1.29, 1.82) is 0 Å². The molecule has 0 aliphatic heterocycles. The van der Waals surface area contributed by atoms with Gasteiger partial charge in [-0.1, -0.05) is 6.08 Å². The molecule has 108 valence electrons. The number of aliphatic hydroxyl groups is 1. The van der Waals surface area contributed by atoms with Gasteiger partial charge in [0.2, 0.25) is 0 Å². The van der Waals surface area contributed by atoms with E-state index in [9.17, 15) is 14.0 Å². The molecule has 0 saturated carbocycles. The highest BCUT2D eigenvalue weighted by Crippen LogP contribution is 2.17. The predicted molar refractivity (Wildman–Crippen MR) is 71.2 cm³/mol. The molecule has 0 heterocycles. The average Bonchev–Trinajstić information content (AvgIpc) is 2.40. The second kappa shape index (κ2) is 7.25. The number of carbonyl (C=O) groups is 2. The maximum absolute atomic E-state index is 13.5. The Kier molecular flexibility index (Phi) is 5.67. The van der Waals surface area contributed by atoms with Crippen molar-refractivity contribution >= 4 is 17.7 Å². The molecule has 0 radical (unpaired) electrons. The zero-order chi connectivity index (χ0) is 15.1. The molecule has 1 aromatic carbocycles. The van der Waals surface area contributed by atoms with Gasteiger partial charge in [0.05, 0.1) is 17.9 Å². The van der Waals surface area contributed by atoms with Crippen LogP contribution < -0.4 is 5.32 Å². The maximum Gasteiger partial charge on any atom is 0.335 e. The van der Waals surface area contributed by atoms with Gasteiger partial charge >= 0.3 is 12.0 Å². The standard InChI is InChI=1S/C13H15FN2O4/c1-2-5-16(6-7-17)13(20)15-11-8-9(12(18)19)3-4-10(11)14/h2-4,8,17H,1,5-7H2,(H,15,20)(H,18,19). The minimum atomic E-state index is -1.22. The van der Waals surface area contributed by atoms with E-state index in [0.29, 0.717) is 0 Å². The van der Waals surface area contributed by atoms with Crippen LogP contribution in [-0.2, 0) is 0 Å². The second-order valence-corrected chi connectivity index (χ2v) is 3.89. The number of aromatic carboxylic acids is 1. The molecular weight excluding hydrogens is 267 g/mol. The number of halogens is 1. The predicted octanol–water partition coefficient (Wildman–Crippen LogP) is 1.54. The van der Waals surface area contributed by atoms with E-state index >= 15 is 0 Å². The number of urea groups is 1. The van der Waals surface area contributed by atoms with Gasteiger partial charge in [0.15, 0.2) is 0 Å². The number of hydrogen-bond acceptors (Lipinski definition) is 3. The Hall–Kier alpha value is -2.41. The fourth-order valence-corrected chi connectivity index (χ4v) is 1.50. The minimum absolute atomic E-state index is 0.0537. The van der Waals surface area contributed by atoms with E-state index in [2.05, 4.69) is 11.9 Å². The van der Waals surface area contributed by atoms with Gasteiger partial charge in [0.1, 0.15) is 5.82 Å². The van der Waals surface area contributed by atoms with Gasteiger partial charge in [-0.15, -0.1) is 6.58 Å². The first-order chi connectivity index (χ1) is 9.49. The van der Waals surface area contributed by atoms with Gasteiger partial charge in [-0.2, -0.15) is 0 Å². The summed E-state index contributed by atoms with van der Waals surface area (Å²) in [6, 6.07) is 2.44. The lowest BCUT2D eigenvalue weighted by Crippen LogP contribution is -2.37. The summed E-state index contributed by atoms with van der Waals surface area (Å²) in [5, 5.41) is 19.9. The smallest absolute Gasteiger partial charge is 0.335 e. The molecule has 1 aromatic rings. The number of carboxylic acids is 1. The van der Waals surface area contributed by atoms with Crippen LogP contribution >= 0.6 is 0 Å². The Balaban J connectivity index is 2.90. The highest BCUT2D eigenvalue weighted by Gasteiger charge is 2.15. The topological polar surface area (TPSA) is 89.9 Å². The van der Waals surface area contributed by atoms with Crippen molar-refractivity contribution in [2.45, 2.75) is 0 Å². The van der Waals surface area contributed by atoms with Crippen molar-refractivity contribution in [2.75, 3.05) is 25.0 Å². The summed E-state index contributed by atoms with van der Waals surface area (Å²) in [5.74, 6) is -1.97. The quantitative estimate of drug-likeness (QED) is 0.690. The van der Waals surface area contributed by atoms with Gasteiger partial charge in [0, 0.05) is 13.1 Å². The summed E-state index contributed by atoms with van der Waals surface area (Å²) >= 11 is 0. The van der Waals surface area contributed by atoms with Gasteiger partial charge in [-0.3, -0.25) is 0 Å². The molecule has 0 spiro atoms. The fraction of sp³-hybridized carbons (Fsp3) is 0.231. The van der Waals surface area contributed by atoms with Crippen molar-refractivity contribution in [3.8, 4) is 0 Å². The first kappa shape index (κ1) is 15.6. The Labute approximate surface area is 115 Å². The fourth-order valence-electron chi connectivity index (χ4n) is 1.50. The van der Waals surface area contributed by atoms with Crippen LogP contribution in [0, 0.1) is 5.82 Å². The van der Waals surface area contributed by atoms with Crippen LogP contribution in [0.15, 0.2) is 30.9 Å².